The Morgan fingerprint density at radius 1 is 1.69 bits per heavy atom. The largest absolute Gasteiger partial charge is 0.476 e. The topological polar surface area (TPSA) is 71.2 Å². The Morgan fingerprint density at radius 3 is 3.12 bits per heavy atom. The minimum atomic E-state index is -1.08. The maximum atomic E-state index is 12.1. The Hall–Kier alpha value is -1.50. The number of aromatic carboxylic acids is 1. The van der Waals surface area contributed by atoms with Crippen LogP contribution in [0.15, 0.2) is 6.20 Å². The van der Waals surface area contributed by atoms with Crippen LogP contribution in [0.25, 0.3) is 0 Å². The monoisotopic (exact) mass is 228 g/mol. The van der Waals surface area contributed by atoms with Crippen molar-refractivity contribution in [2.24, 2.45) is 0 Å². The smallest absolute Gasteiger partial charge is 0.358 e. The predicted octanol–water partition coefficient (Wildman–Crippen LogP) is 0.193. The number of halogens is 1. The van der Waals surface area contributed by atoms with Crippen molar-refractivity contribution in [3.8, 4) is 0 Å². The lowest BCUT2D eigenvalue weighted by Gasteiger charge is -2.13. The van der Waals surface area contributed by atoms with Gasteiger partial charge in [-0.2, -0.15) is 0 Å². The number of carbonyl (C=O) groups is 1. The summed E-state index contributed by atoms with van der Waals surface area (Å²) in [5.41, 5.74) is -0.0519. The summed E-state index contributed by atoms with van der Waals surface area (Å²) in [7, 11) is 0. The second-order valence-corrected chi connectivity index (χ2v) is 3.82. The highest BCUT2D eigenvalue weighted by molar-refractivity contribution is 5.84. The summed E-state index contributed by atoms with van der Waals surface area (Å²) in [6.45, 7) is 1.59. The van der Waals surface area contributed by atoms with Crippen molar-refractivity contribution in [3.05, 3.63) is 11.9 Å². The molecule has 16 heavy (non-hydrogen) atoms. The zero-order valence-electron chi connectivity index (χ0n) is 8.71. The number of carboxylic acid groups (broad SMARTS) is 1. The Labute approximate surface area is 91.7 Å². The molecule has 1 aliphatic heterocycles. The number of aromatic nitrogens is 3. The lowest BCUT2D eigenvalue weighted by Crippen LogP contribution is -2.24. The molecule has 1 fully saturated rings. The van der Waals surface area contributed by atoms with Crippen LogP contribution < -0.4 is 0 Å². The van der Waals surface area contributed by atoms with Gasteiger partial charge in [0.15, 0.2) is 5.69 Å². The van der Waals surface area contributed by atoms with Crippen molar-refractivity contribution < 1.29 is 14.3 Å². The summed E-state index contributed by atoms with van der Waals surface area (Å²) in [6.07, 6.45) is 2.27. The van der Waals surface area contributed by atoms with Crippen molar-refractivity contribution in [2.75, 3.05) is 26.3 Å². The Bertz CT molecular complexity index is 381. The number of carboxylic acids is 1. The molecular formula is C9H13FN4O2. The van der Waals surface area contributed by atoms with Crippen LogP contribution in [0.4, 0.5) is 4.39 Å². The van der Waals surface area contributed by atoms with Gasteiger partial charge in [-0.15, -0.1) is 5.10 Å². The molecule has 6 nitrogen and oxygen atoms in total. The number of rotatable bonds is 4. The molecule has 1 N–H and O–H groups in total. The molecular weight excluding hydrogens is 215 g/mol. The van der Waals surface area contributed by atoms with Crippen molar-refractivity contribution in [3.63, 3.8) is 0 Å². The fourth-order valence-electron chi connectivity index (χ4n) is 1.90. The van der Waals surface area contributed by atoms with Gasteiger partial charge in [0.25, 0.3) is 0 Å². The molecule has 0 amide bonds. The van der Waals surface area contributed by atoms with E-state index in [1.807, 2.05) is 4.90 Å². The van der Waals surface area contributed by atoms with Gasteiger partial charge in [0, 0.05) is 19.6 Å². The molecule has 0 unspecified atom stereocenters. The highest BCUT2D eigenvalue weighted by Crippen LogP contribution is 2.20. The third-order valence-electron chi connectivity index (χ3n) is 2.75. The molecule has 1 aliphatic rings. The third kappa shape index (κ3) is 2.19. The SMILES string of the molecule is O=C(O)c1cn([C@@H]2CCN(CCF)C2)nn1. The fraction of sp³-hybridized carbons (Fsp3) is 0.667. The molecule has 0 aromatic carbocycles. The maximum Gasteiger partial charge on any atom is 0.358 e. The highest BCUT2D eigenvalue weighted by Gasteiger charge is 2.25. The van der Waals surface area contributed by atoms with Gasteiger partial charge in [0.2, 0.25) is 0 Å². The summed E-state index contributed by atoms with van der Waals surface area (Å²) in [5.74, 6) is -1.08. The molecule has 2 rings (SSSR count). The van der Waals surface area contributed by atoms with Gasteiger partial charge < -0.3 is 5.11 Å². The van der Waals surface area contributed by atoms with E-state index in [2.05, 4.69) is 10.3 Å². The zero-order valence-corrected chi connectivity index (χ0v) is 8.71. The first-order valence-electron chi connectivity index (χ1n) is 5.14. The molecule has 0 aliphatic carbocycles. The highest BCUT2D eigenvalue weighted by atomic mass is 19.1. The predicted molar refractivity (Wildman–Crippen MR) is 53.1 cm³/mol. The van der Waals surface area contributed by atoms with Gasteiger partial charge >= 0.3 is 5.97 Å². The Kier molecular flexibility index (Phi) is 3.14. The molecule has 88 valence electrons. The van der Waals surface area contributed by atoms with E-state index >= 15 is 0 Å². The number of hydrogen-bond acceptors (Lipinski definition) is 4. The van der Waals surface area contributed by atoms with Crippen LogP contribution >= 0.6 is 0 Å². The Balaban J connectivity index is 2.00. The van der Waals surface area contributed by atoms with Gasteiger partial charge in [-0.3, -0.25) is 4.90 Å². The van der Waals surface area contributed by atoms with Crippen LogP contribution in [0.3, 0.4) is 0 Å². The summed E-state index contributed by atoms with van der Waals surface area (Å²) >= 11 is 0. The minimum absolute atomic E-state index is 0.0519. The van der Waals surface area contributed by atoms with Crippen LogP contribution in [0.1, 0.15) is 23.0 Å². The maximum absolute atomic E-state index is 12.1. The fourth-order valence-corrected chi connectivity index (χ4v) is 1.90. The molecule has 0 spiro atoms. The van der Waals surface area contributed by atoms with Crippen LogP contribution in [0, 0.1) is 0 Å². The van der Waals surface area contributed by atoms with E-state index in [0.29, 0.717) is 13.1 Å². The first-order valence-corrected chi connectivity index (χ1v) is 5.14. The molecule has 7 heteroatoms. The van der Waals surface area contributed by atoms with E-state index in [1.165, 1.54) is 6.20 Å². The number of likely N-dealkylation sites (tertiary alicyclic amines) is 1. The van der Waals surface area contributed by atoms with Crippen LogP contribution in [0.2, 0.25) is 0 Å². The zero-order chi connectivity index (χ0) is 11.5. The van der Waals surface area contributed by atoms with E-state index in [-0.39, 0.29) is 18.4 Å². The van der Waals surface area contributed by atoms with Crippen molar-refractivity contribution in [1.29, 1.82) is 0 Å². The van der Waals surface area contributed by atoms with Crippen molar-refractivity contribution >= 4 is 5.97 Å². The van der Waals surface area contributed by atoms with E-state index in [4.69, 9.17) is 5.11 Å². The first kappa shape index (κ1) is 11.0. The van der Waals surface area contributed by atoms with Gasteiger partial charge in [-0.1, -0.05) is 5.21 Å². The number of hydrogen-bond donors (Lipinski definition) is 1. The van der Waals surface area contributed by atoms with E-state index in [0.717, 1.165) is 13.0 Å². The van der Waals surface area contributed by atoms with E-state index < -0.39 is 5.97 Å². The quantitative estimate of drug-likeness (QED) is 0.796. The van der Waals surface area contributed by atoms with Gasteiger partial charge in [0.1, 0.15) is 6.67 Å². The van der Waals surface area contributed by atoms with Gasteiger partial charge in [-0.05, 0) is 6.42 Å². The van der Waals surface area contributed by atoms with Crippen LogP contribution in [-0.2, 0) is 0 Å². The summed E-state index contributed by atoms with van der Waals surface area (Å²) < 4.78 is 13.7. The Morgan fingerprint density at radius 2 is 2.50 bits per heavy atom. The second-order valence-electron chi connectivity index (χ2n) is 3.82. The van der Waals surface area contributed by atoms with Crippen LogP contribution in [-0.4, -0.2) is 57.3 Å². The van der Waals surface area contributed by atoms with Gasteiger partial charge in [0.05, 0.1) is 12.2 Å². The minimum Gasteiger partial charge on any atom is -0.476 e. The number of nitrogens with zero attached hydrogens (tertiary/aromatic N) is 4. The summed E-state index contributed by atoms with van der Waals surface area (Å²) in [4.78, 5) is 12.6. The second kappa shape index (κ2) is 4.56. The lowest BCUT2D eigenvalue weighted by molar-refractivity contribution is 0.0690. The summed E-state index contributed by atoms with van der Waals surface area (Å²) in [5, 5.41) is 16.0. The lowest BCUT2D eigenvalue weighted by atomic mass is 10.3. The average Bonchev–Trinajstić information content (AvgIpc) is 2.84. The third-order valence-corrected chi connectivity index (χ3v) is 2.75. The molecule has 0 bridgehead atoms. The molecule has 1 aromatic heterocycles. The average molecular weight is 228 g/mol. The van der Waals surface area contributed by atoms with Crippen LogP contribution in [0.5, 0.6) is 0 Å². The summed E-state index contributed by atoms with van der Waals surface area (Å²) in [6, 6.07) is 0.104. The molecule has 0 saturated carbocycles. The molecule has 2 heterocycles. The molecule has 1 atom stereocenters. The standard InChI is InChI=1S/C9H13FN4O2/c10-2-4-13-3-1-7(5-13)14-6-8(9(15)16)11-12-14/h6-7H,1-5H2,(H,15,16)/t7-/m1/s1. The molecule has 1 saturated heterocycles. The number of alkyl halides is 1. The van der Waals surface area contributed by atoms with Gasteiger partial charge in [-0.25, -0.2) is 13.9 Å². The van der Waals surface area contributed by atoms with Crippen molar-refractivity contribution in [1.82, 2.24) is 19.9 Å². The normalized spacial score (nSPS) is 21.4. The molecule has 1 aromatic rings. The van der Waals surface area contributed by atoms with Crippen molar-refractivity contribution in [2.45, 2.75) is 12.5 Å². The molecule has 0 radical (unpaired) electrons. The van der Waals surface area contributed by atoms with E-state index in [1.54, 1.807) is 4.68 Å². The van der Waals surface area contributed by atoms with E-state index in [9.17, 15) is 9.18 Å². The first-order chi connectivity index (χ1) is 7.70.